The lowest BCUT2D eigenvalue weighted by atomic mass is 9.99. The third-order valence-corrected chi connectivity index (χ3v) is 4.26. The van der Waals surface area contributed by atoms with E-state index in [1.54, 1.807) is 0 Å². The van der Waals surface area contributed by atoms with Gasteiger partial charge in [-0.2, -0.15) is 0 Å². The second-order valence-corrected chi connectivity index (χ2v) is 6.00. The zero-order valence-corrected chi connectivity index (χ0v) is 12.0. The highest BCUT2D eigenvalue weighted by Crippen LogP contribution is 2.25. The normalized spacial score (nSPS) is 28.6. The van der Waals surface area contributed by atoms with Crippen molar-refractivity contribution in [3.8, 4) is 0 Å². The average Bonchev–Trinajstić information content (AvgIpc) is 2.81. The summed E-state index contributed by atoms with van der Waals surface area (Å²) in [5.41, 5.74) is -0.750. The highest BCUT2D eigenvalue weighted by atomic mass is 16.4. The molecule has 0 aromatic rings. The van der Waals surface area contributed by atoms with Crippen LogP contribution in [-0.4, -0.2) is 82.3 Å². The number of aliphatic carboxylic acids is 1. The number of nitrogens with zero attached hydrogens (tertiary/aromatic N) is 2. The minimum Gasteiger partial charge on any atom is -0.480 e. The van der Waals surface area contributed by atoms with Gasteiger partial charge in [-0.15, -0.1) is 0 Å². The fraction of sp³-hybridized carbons (Fsp3) is 0.846. The number of aliphatic hydroxyl groups is 1. The van der Waals surface area contributed by atoms with E-state index in [4.69, 9.17) is 0 Å². The van der Waals surface area contributed by atoms with Gasteiger partial charge in [0.2, 0.25) is 5.91 Å². The lowest BCUT2D eigenvalue weighted by molar-refractivity contribution is -0.153. The number of rotatable bonds is 3. The minimum atomic E-state index is -1.05. The summed E-state index contributed by atoms with van der Waals surface area (Å²) in [6.45, 7) is 6.91. The molecule has 0 spiro atoms. The summed E-state index contributed by atoms with van der Waals surface area (Å²) in [4.78, 5) is 27.3. The van der Waals surface area contributed by atoms with E-state index < -0.39 is 23.7 Å². The van der Waals surface area contributed by atoms with Crippen LogP contribution in [0.4, 0.5) is 0 Å². The molecule has 3 N–H and O–H groups in total. The summed E-state index contributed by atoms with van der Waals surface area (Å²) in [6, 6.07) is -0.917. The van der Waals surface area contributed by atoms with Crippen LogP contribution in [0.25, 0.3) is 0 Å². The topological polar surface area (TPSA) is 93.1 Å². The molecule has 114 valence electrons. The lowest BCUT2D eigenvalue weighted by Gasteiger charge is -2.42. The molecule has 1 amide bonds. The van der Waals surface area contributed by atoms with Gasteiger partial charge in [0.1, 0.15) is 6.04 Å². The molecule has 0 saturated carbocycles. The van der Waals surface area contributed by atoms with Crippen molar-refractivity contribution in [1.82, 2.24) is 15.1 Å². The number of β-amino-alcohol motifs (C(OH)–C–C–N with tert-alkyl or cyclic N) is 1. The maximum absolute atomic E-state index is 12.7. The first-order chi connectivity index (χ1) is 9.34. The number of carbonyl (C=O) groups excluding carboxylic acids is 1. The molecule has 7 nitrogen and oxygen atoms in total. The summed E-state index contributed by atoms with van der Waals surface area (Å²) in [6.07, 6.45) is -0.641. The van der Waals surface area contributed by atoms with E-state index in [0.29, 0.717) is 0 Å². The van der Waals surface area contributed by atoms with E-state index in [-0.39, 0.29) is 18.9 Å². The number of hydrogen-bond donors (Lipinski definition) is 3. The number of carboxylic acids is 1. The minimum absolute atomic E-state index is 0.103. The predicted molar refractivity (Wildman–Crippen MR) is 72.3 cm³/mol. The Morgan fingerprint density at radius 2 is 1.85 bits per heavy atom. The van der Waals surface area contributed by atoms with Crippen molar-refractivity contribution >= 4 is 11.9 Å². The molecule has 20 heavy (non-hydrogen) atoms. The Hall–Kier alpha value is -1.18. The molecule has 2 saturated heterocycles. The molecule has 0 bridgehead atoms. The van der Waals surface area contributed by atoms with E-state index in [1.807, 2.05) is 13.8 Å². The Morgan fingerprint density at radius 1 is 1.25 bits per heavy atom. The SMILES string of the molecule is CC(C)(C(=O)N1C[C@H](O)C[C@H]1C(=O)O)N1CCNCC1. The largest absolute Gasteiger partial charge is 0.480 e. The monoisotopic (exact) mass is 285 g/mol. The van der Waals surface area contributed by atoms with E-state index in [2.05, 4.69) is 10.2 Å². The van der Waals surface area contributed by atoms with Crippen LogP contribution in [0, 0.1) is 0 Å². The molecule has 2 aliphatic heterocycles. The smallest absolute Gasteiger partial charge is 0.326 e. The summed E-state index contributed by atoms with van der Waals surface area (Å²) >= 11 is 0. The van der Waals surface area contributed by atoms with Crippen LogP contribution in [0.1, 0.15) is 20.3 Å². The second-order valence-electron chi connectivity index (χ2n) is 6.00. The van der Waals surface area contributed by atoms with Crippen molar-refractivity contribution in [2.45, 2.75) is 38.0 Å². The second kappa shape index (κ2) is 5.67. The molecule has 2 aliphatic rings. The van der Waals surface area contributed by atoms with Crippen molar-refractivity contribution in [3.63, 3.8) is 0 Å². The number of carbonyl (C=O) groups is 2. The molecule has 2 heterocycles. The maximum atomic E-state index is 12.7. The molecule has 2 atom stereocenters. The quantitative estimate of drug-likeness (QED) is 0.598. The maximum Gasteiger partial charge on any atom is 0.326 e. The van der Waals surface area contributed by atoms with Crippen LogP contribution in [0.3, 0.4) is 0 Å². The molecule has 0 aromatic carbocycles. The Morgan fingerprint density at radius 3 is 2.40 bits per heavy atom. The Balaban J connectivity index is 2.14. The Bertz CT molecular complexity index is 393. The van der Waals surface area contributed by atoms with Gasteiger partial charge in [0.05, 0.1) is 11.6 Å². The van der Waals surface area contributed by atoms with Crippen molar-refractivity contribution in [2.24, 2.45) is 0 Å². The van der Waals surface area contributed by atoms with Gasteiger partial charge in [0.25, 0.3) is 0 Å². The van der Waals surface area contributed by atoms with Crippen LogP contribution >= 0.6 is 0 Å². The first-order valence-electron chi connectivity index (χ1n) is 7.01. The van der Waals surface area contributed by atoms with Crippen LogP contribution < -0.4 is 5.32 Å². The van der Waals surface area contributed by atoms with Crippen molar-refractivity contribution in [1.29, 1.82) is 0 Å². The predicted octanol–water partition coefficient (Wildman–Crippen LogP) is -1.28. The average molecular weight is 285 g/mol. The number of likely N-dealkylation sites (tertiary alicyclic amines) is 1. The molecule has 0 aliphatic carbocycles. The molecular weight excluding hydrogens is 262 g/mol. The number of piperazine rings is 1. The van der Waals surface area contributed by atoms with Crippen LogP contribution in [-0.2, 0) is 9.59 Å². The van der Waals surface area contributed by atoms with Crippen LogP contribution in [0.15, 0.2) is 0 Å². The highest BCUT2D eigenvalue weighted by Gasteiger charge is 2.46. The molecule has 7 heteroatoms. The highest BCUT2D eigenvalue weighted by molar-refractivity contribution is 5.90. The van der Waals surface area contributed by atoms with Gasteiger partial charge >= 0.3 is 5.97 Å². The molecule has 0 radical (unpaired) electrons. The van der Waals surface area contributed by atoms with E-state index in [0.717, 1.165) is 26.2 Å². The number of aliphatic hydroxyl groups excluding tert-OH is 1. The van der Waals surface area contributed by atoms with Crippen molar-refractivity contribution in [2.75, 3.05) is 32.7 Å². The molecule has 0 unspecified atom stereocenters. The van der Waals surface area contributed by atoms with Gasteiger partial charge in [-0.1, -0.05) is 0 Å². The first kappa shape index (κ1) is 15.2. The fourth-order valence-electron chi connectivity index (χ4n) is 2.98. The van der Waals surface area contributed by atoms with Crippen LogP contribution in [0.2, 0.25) is 0 Å². The van der Waals surface area contributed by atoms with Gasteiger partial charge < -0.3 is 20.4 Å². The van der Waals surface area contributed by atoms with E-state index >= 15 is 0 Å². The third kappa shape index (κ3) is 2.79. The van der Waals surface area contributed by atoms with Crippen molar-refractivity contribution < 1.29 is 19.8 Å². The number of hydrogen-bond acceptors (Lipinski definition) is 5. The zero-order chi connectivity index (χ0) is 14.9. The molecule has 2 fully saturated rings. The molecule has 2 rings (SSSR count). The van der Waals surface area contributed by atoms with Gasteiger partial charge in [-0.05, 0) is 13.8 Å². The summed E-state index contributed by atoms with van der Waals surface area (Å²) in [5, 5.41) is 22.1. The Kier molecular flexibility index (Phi) is 4.31. The number of amides is 1. The van der Waals surface area contributed by atoms with Crippen molar-refractivity contribution in [3.05, 3.63) is 0 Å². The zero-order valence-electron chi connectivity index (χ0n) is 12.0. The number of nitrogens with one attached hydrogen (secondary N) is 1. The summed E-state index contributed by atoms with van der Waals surface area (Å²) in [5.74, 6) is -1.27. The number of carboxylic acid groups (broad SMARTS) is 1. The third-order valence-electron chi connectivity index (χ3n) is 4.26. The standard InChI is InChI=1S/C13H23N3O4/c1-13(2,15-5-3-14-4-6-15)12(20)16-8-9(17)7-10(16)11(18)19/h9-10,14,17H,3-8H2,1-2H3,(H,18,19)/t9-,10+/m1/s1. The van der Waals surface area contributed by atoms with E-state index in [1.165, 1.54) is 4.90 Å². The lowest BCUT2D eigenvalue weighted by Crippen LogP contribution is -2.61. The van der Waals surface area contributed by atoms with Gasteiger partial charge in [0, 0.05) is 39.1 Å². The fourth-order valence-corrected chi connectivity index (χ4v) is 2.98. The Labute approximate surface area is 118 Å². The van der Waals surface area contributed by atoms with Gasteiger partial charge in [0.15, 0.2) is 0 Å². The van der Waals surface area contributed by atoms with Gasteiger partial charge in [-0.3, -0.25) is 9.69 Å². The van der Waals surface area contributed by atoms with E-state index in [9.17, 15) is 19.8 Å². The first-order valence-corrected chi connectivity index (χ1v) is 7.01. The van der Waals surface area contributed by atoms with Gasteiger partial charge in [-0.25, -0.2) is 4.79 Å². The summed E-state index contributed by atoms with van der Waals surface area (Å²) in [7, 11) is 0. The summed E-state index contributed by atoms with van der Waals surface area (Å²) < 4.78 is 0. The molecule has 0 aromatic heterocycles. The molecular formula is C13H23N3O4. The van der Waals surface area contributed by atoms with Crippen LogP contribution in [0.5, 0.6) is 0 Å².